The van der Waals surface area contributed by atoms with Crippen molar-refractivity contribution in [3.8, 4) is 17.6 Å². The highest BCUT2D eigenvalue weighted by atomic mass is 16.3. The molecule has 114 valence electrons. The molecule has 0 heterocycles. The number of nitriles is 1. The minimum absolute atomic E-state index is 0.0869. The van der Waals surface area contributed by atoms with E-state index in [9.17, 15) is 15.5 Å². The van der Waals surface area contributed by atoms with Crippen LogP contribution in [0.3, 0.4) is 0 Å². The molecule has 0 aliphatic heterocycles. The molecule has 0 amide bonds. The van der Waals surface area contributed by atoms with Crippen LogP contribution in [-0.2, 0) is 0 Å². The van der Waals surface area contributed by atoms with E-state index in [-0.39, 0.29) is 17.2 Å². The number of allylic oxidation sites excluding steroid dienone is 2. The van der Waals surface area contributed by atoms with Crippen molar-refractivity contribution in [1.29, 1.82) is 5.26 Å². The monoisotopic (exact) mass is 305 g/mol. The minimum Gasteiger partial charge on any atom is -0.507 e. The summed E-state index contributed by atoms with van der Waals surface area (Å²) in [5.41, 5.74) is 1.59. The second-order valence-corrected chi connectivity index (χ2v) is 4.68. The molecule has 0 fully saturated rings. The molecule has 0 bridgehead atoms. The molecule has 0 atom stereocenters. The maximum Gasteiger partial charge on any atom is 0.161 e. The SMILES string of the molecule is C/C(N=Cc1ccccc1O)=C(\C#N)N=Cc1ccccc1O. The number of hydrogen-bond acceptors (Lipinski definition) is 5. The fraction of sp³-hybridized carbons (Fsp3) is 0.0556. The van der Waals surface area contributed by atoms with Gasteiger partial charge in [-0.1, -0.05) is 24.3 Å². The number of phenols is 2. The van der Waals surface area contributed by atoms with Crippen molar-refractivity contribution in [2.24, 2.45) is 9.98 Å². The first kappa shape index (κ1) is 16.0. The molecule has 23 heavy (non-hydrogen) atoms. The van der Waals surface area contributed by atoms with Gasteiger partial charge in [0.05, 0.1) is 5.70 Å². The number of aromatic hydroxyl groups is 2. The van der Waals surface area contributed by atoms with Crippen LogP contribution in [0, 0.1) is 11.3 Å². The van der Waals surface area contributed by atoms with E-state index in [4.69, 9.17) is 0 Å². The van der Waals surface area contributed by atoms with Gasteiger partial charge in [0.15, 0.2) is 5.70 Å². The predicted octanol–water partition coefficient (Wildman–Crippen LogP) is 3.39. The van der Waals surface area contributed by atoms with Gasteiger partial charge in [0.2, 0.25) is 0 Å². The summed E-state index contributed by atoms with van der Waals surface area (Å²) in [6.45, 7) is 1.65. The first-order valence-corrected chi connectivity index (χ1v) is 6.87. The van der Waals surface area contributed by atoms with E-state index in [0.29, 0.717) is 16.8 Å². The Bertz CT molecular complexity index is 830. The Kier molecular flexibility index (Phi) is 5.26. The third-order valence-corrected chi connectivity index (χ3v) is 3.05. The smallest absolute Gasteiger partial charge is 0.161 e. The lowest BCUT2D eigenvalue weighted by molar-refractivity contribution is 0.474. The van der Waals surface area contributed by atoms with Crippen molar-refractivity contribution < 1.29 is 10.2 Å². The molecule has 2 N–H and O–H groups in total. The summed E-state index contributed by atoms with van der Waals surface area (Å²) in [5, 5.41) is 28.5. The van der Waals surface area contributed by atoms with Gasteiger partial charge in [-0.25, -0.2) is 4.99 Å². The van der Waals surface area contributed by atoms with Gasteiger partial charge in [0.25, 0.3) is 0 Å². The van der Waals surface area contributed by atoms with E-state index >= 15 is 0 Å². The summed E-state index contributed by atoms with van der Waals surface area (Å²) in [6, 6.07) is 15.4. The van der Waals surface area contributed by atoms with Gasteiger partial charge in [-0.3, -0.25) is 4.99 Å². The van der Waals surface area contributed by atoms with Gasteiger partial charge in [0, 0.05) is 23.6 Å². The summed E-state index contributed by atoms with van der Waals surface area (Å²) in [5.74, 6) is 0.198. The number of nitrogens with zero attached hydrogens (tertiary/aromatic N) is 3. The summed E-state index contributed by atoms with van der Waals surface area (Å²) in [4.78, 5) is 8.22. The van der Waals surface area contributed by atoms with Crippen LogP contribution in [0.4, 0.5) is 0 Å². The normalized spacial score (nSPS) is 12.3. The summed E-state index contributed by atoms with van der Waals surface area (Å²) >= 11 is 0. The highest BCUT2D eigenvalue weighted by Crippen LogP contribution is 2.16. The number of rotatable bonds is 4. The Hall–Kier alpha value is -3.39. The Balaban J connectivity index is 2.25. The van der Waals surface area contributed by atoms with E-state index < -0.39 is 0 Å². The summed E-state index contributed by atoms with van der Waals surface area (Å²) in [6.07, 6.45) is 2.88. The van der Waals surface area contributed by atoms with Crippen LogP contribution in [-0.4, -0.2) is 22.6 Å². The van der Waals surface area contributed by atoms with Gasteiger partial charge in [-0.2, -0.15) is 5.26 Å². The number of para-hydroxylation sites is 2. The fourth-order valence-electron chi connectivity index (χ4n) is 1.76. The van der Waals surface area contributed by atoms with Crippen molar-refractivity contribution in [3.63, 3.8) is 0 Å². The van der Waals surface area contributed by atoms with Crippen LogP contribution in [0.5, 0.6) is 11.5 Å². The van der Waals surface area contributed by atoms with E-state index in [1.54, 1.807) is 55.5 Å². The molecule has 0 radical (unpaired) electrons. The van der Waals surface area contributed by atoms with Crippen LogP contribution >= 0.6 is 0 Å². The van der Waals surface area contributed by atoms with E-state index in [0.717, 1.165) is 0 Å². The van der Waals surface area contributed by atoms with Crippen LogP contribution in [0.1, 0.15) is 18.1 Å². The number of phenolic OH excluding ortho intramolecular Hbond substituents is 2. The molecule has 5 heteroatoms. The predicted molar refractivity (Wildman–Crippen MR) is 89.7 cm³/mol. The average molecular weight is 305 g/mol. The van der Waals surface area contributed by atoms with Gasteiger partial charge in [-0.05, 0) is 31.2 Å². The second kappa shape index (κ2) is 7.57. The van der Waals surface area contributed by atoms with Crippen molar-refractivity contribution >= 4 is 12.4 Å². The molecule has 2 aromatic rings. The standard InChI is InChI=1S/C18H15N3O2/c1-13(20-11-14-6-2-4-8-17(14)22)16(10-19)21-12-15-7-3-5-9-18(15)23/h2-9,11-12,22-23H,1H3/b16-13-,20-11?,21-12?. The maximum atomic E-state index is 9.67. The van der Waals surface area contributed by atoms with Crippen molar-refractivity contribution in [1.82, 2.24) is 0 Å². The largest absolute Gasteiger partial charge is 0.507 e. The van der Waals surface area contributed by atoms with Gasteiger partial charge in [-0.15, -0.1) is 0 Å². The van der Waals surface area contributed by atoms with Crippen LogP contribution in [0.15, 0.2) is 69.9 Å². The molecule has 0 saturated heterocycles. The molecule has 2 aromatic carbocycles. The molecular formula is C18H15N3O2. The topological polar surface area (TPSA) is 89.0 Å². The molecule has 0 saturated carbocycles. The van der Waals surface area contributed by atoms with Gasteiger partial charge in [0.1, 0.15) is 17.6 Å². The molecule has 2 rings (SSSR count). The van der Waals surface area contributed by atoms with E-state index in [2.05, 4.69) is 9.98 Å². The maximum absolute atomic E-state index is 9.67. The number of aliphatic imine (C=N–C) groups is 2. The van der Waals surface area contributed by atoms with Gasteiger partial charge < -0.3 is 10.2 Å². The first-order valence-electron chi connectivity index (χ1n) is 6.87. The molecule has 0 aromatic heterocycles. The first-order chi connectivity index (χ1) is 11.1. The van der Waals surface area contributed by atoms with Crippen LogP contribution < -0.4 is 0 Å². The second-order valence-electron chi connectivity index (χ2n) is 4.68. The fourth-order valence-corrected chi connectivity index (χ4v) is 1.76. The van der Waals surface area contributed by atoms with Crippen LogP contribution in [0.2, 0.25) is 0 Å². The zero-order valence-electron chi connectivity index (χ0n) is 12.5. The van der Waals surface area contributed by atoms with Crippen molar-refractivity contribution in [2.45, 2.75) is 6.92 Å². The third-order valence-electron chi connectivity index (χ3n) is 3.05. The Morgan fingerprint density at radius 1 is 0.913 bits per heavy atom. The van der Waals surface area contributed by atoms with E-state index in [1.807, 2.05) is 6.07 Å². The quantitative estimate of drug-likeness (QED) is 0.670. The highest BCUT2D eigenvalue weighted by Gasteiger charge is 2.01. The lowest BCUT2D eigenvalue weighted by atomic mass is 10.2. The van der Waals surface area contributed by atoms with Crippen molar-refractivity contribution in [3.05, 3.63) is 71.1 Å². The van der Waals surface area contributed by atoms with Crippen molar-refractivity contribution in [2.75, 3.05) is 0 Å². The van der Waals surface area contributed by atoms with Gasteiger partial charge >= 0.3 is 0 Å². The molecule has 0 unspecified atom stereocenters. The minimum atomic E-state index is 0.0869. The Morgan fingerprint density at radius 2 is 1.39 bits per heavy atom. The number of hydrogen-bond donors (Lipinski definition) is 2. The lowest BCUT2D eigenvalue weighted by Gasteiger charge is -1.99. The average Bonchev–Trinajstić information content (AvgIpc) is 2.56. The molecule has 0 spiro atoms. The summed E-state index contributed by atoms with van der Waals surface area (Å²) < 4.78 is 0. The number of benzene rings is 2. The zero-order valence-corrected chi connectivity index (χ0v) is 12.5. The Morgan fingerprint density at radius 3 is 1.87 bits per heavy atom. The van der Waals surface area contributed by atoms with E-state index in [1.165, 1.54) is 12.4 Å². The lowest BCUT2D eigenvalue weighted by Crippen LogP contribution is -1.87. The molecule has 0 aliphatic carbocycles. The Labute approximate surface area is 134 Å². The highest BCUT2D eigenvalue weighted by molar-refractivity contribution is 5.85. The third kappa shape index (κ3) is 4.29. The molecular weight excluding hydrogens is 290 g/mol. The molecule has 0 aliphatic rings. The van der Waals surface area contributed by atoms with Crippen LogP contribution in [0.25, 0.3) is 0 Å². The summed E-state index contributed by atoms with van der Waals surface area (Å²) in [7, 11) is 0. The molecule has 5 nitrogen and oxygen atoms in total. The zero-order chi connectivity index (χ0) is 16.7.